The van der Waals surface area contributed by atoms with Crippen LogP contribution in [0.1, 0.15) is 115 Å². The Bertz CT molecular complexity index is 867. The predicted molar refractivity (Wildman–Crippen MR) is 153 cm³/mol. The first-order valence-electron chi connectivity index (χ1n) is 12.9. The van der Waals surface area contributed by atoms with E-state index in [0.29, 0.717) is 55.5 Å². The number of carbonyl (C=O) groups is 2. The predicted octanol–water partition coefficient (Wildman–Crippen LogP) is 8.45. The number of rotatable bonds is 8. The second kappa shape index (κ2) is 12.2. The van der Waals surface area contributed by atoms with Gasteiger partial charge in [0.2, 0.25) is 0 Å². The number of hydrogen-bond donors (Lipinski definition) is 0. The summed E-state index contributed by atoms with van der Waals surface area (Å²) in [5.41, 5.74) is 12.7. The van der Waals surface area contributed by atoms with Crippen molar-refractivity contribution in [1.29, 1.82) is 0 Å². The highest BCUT2D eigenvalue weighted by Crippen LogP contribution is 2.42. The number of hydrogen-bond acceptors (Lipinski definition) is 2. The van der Waals surface area contributed by atoms with Crippen molar-refractivity contribution in [3.63, 3.8) is 0 Å². The van der Waals surface area contributed by atoms with Crippen LogP contribution in [-0.4, -0.2) is 28.7 Å². The third-order valence-corrected chi connectivity index (χ3v) is 20.6. The summed E-state index contributed by atoms with van der Waals surface area (Å²) in [4.78, 5) is 24.1. The van der Waals surface area contributed by atoms with Crippen molar-refractivity contribution in [2.24, 2.45) is 0 Å². The first-order valence-corrected chi connectivity index (χ1v) is 17.3. The van der Waals surface area contributed by atoms with Crippen LogP contribution in [0.2, 0.25) is 33.2 Å². The Labute approximate surface area is 211 Å². The zero-order valence-electron chi connectivity index (χ0n) is 23.6. The topological polar surface area (TPSA) is 34.1 Å². The lowest BCUT2D eigenvalue weighted by Crippen LogP contribution is -2.43. The van der Waals surface area contributed by atoms with E-state index in [-0.39, 0.29) is 0 Å². The molecular formula is C30H46O2Si2. The van der Waals surface area contributed by atoms with Gasteiger partial charge in [-0.05, 0) is 45.4 Å². The molecule has 1 rings (SSSR count). The lowest BCUT2D eigenvalue weighted by atomic mass is 10.0. The van der Waals surface area contributed by atoms with Crippen molar-refractivity contribution in [2.45, 2.75) is 116 Å². The summed E-state index contributed by atoms with van der Waals surface area (Å²) in [6.45, 7) is 27.2. The summed E-state index contributed by atoms with van der Waals surface area (Å²) < 4.78 is 0. The Balaban J connectivity index is 3.78. The maximum absolute atomic E-state index is 12.0. The molecule has 0 aromatic heterocycles. The van der Waals surface area contributed by atoms with Gasteiger partial charge in [0.15, 0.2) is 12.6 Å². The highest BCUT2D eigenvalue weighted by Gasteiger charge is 2.42. The molecular weight excluding hydrogens is 449 g/mol. The van der Waals surface area contributed by atoms with Gasteiger partial charge < -0.3 is 0 Å². The Morgan fingerprint density at radius 1 is 0.529 bits per heavy atom. The summed E-state index contributed by atoms with van der Waals surface area (Å²) in [6, 6.07) is 3.55. The molecule has 0 spiro atoms. The van der Waals surface area contributed by atoms with Gasteiger partial charge in [-0.3, -0.25) is 9.59 Å². The van der Waals surface area contributed by atoms with Crippen molar-refractivity contribution >= 4 is 28.7 Å². The highest BCUT2D eigenvalue weighted by molar-refractivity contribution is 6.91. The van der Waals surface area contributed by atoms with Gasteiger partial charge in [0.1, 0.15) is 16.1 Å². The number of carbonyl (C=O) groups excluding carboxylic acids is 2. The molecule has 0 unspecified atom stereocenters. The fourth-order valence-electron chi connectivity index (χ4n) is 6.26. The van der Waals surface area contributed by atoms with Gasteiger partial charge in [-0.2, -0.15) is 0 Å². The summed E-state index contributed by atoms with van der Waals surface area (Å²) in [6.07, 6.45) is 1.70. The Kier molecular flexibility index (Phi) is 10.8. The van der Waals surface area contributed by atoms with Gasteiger partial charge in [-0.25, -0.2) is 0 Å². The van der Waals surface area contributed by atoms with Crippen LogP contribution < -0.4 is 0 Å². The zero-order valence-corrected chi connectivity index (χ0v) is 25.6. The monoisotopic (exact) mass is 494 g/mol. The number of benzene rings is 1. The Morgan fingerprint density at radius 2 is 0.765 bits per heavy atom. The molecule has 1 aromatic rings. The van der Waals surface area contributed by atoms with Crippen molar-refractivity contribution in [1.82, 2.24) is 0 Å². The molecule has 0 aliphatic rings. The van der Waals surface area contributed by atoms with Gasteiger partial charge in [0.25, 0.3) is 0 Å². The highest BCUT2D eigenvalue weighted by atomic mass is 28.3. The Hall–Kier alpha value is -1.89. The van der Waals surface area contributed by atoms with E-state index >= 15 is 0 Å². The normalized spacial score (nSPS) is 12.3. The molecule has 0 aliphatic carbocycles. The lowest BCUT2D eigenvalue weighted by molar-refractivity contribution is 0.111. The fraction of sp³-hybridized carbons (Fsp3) is 0.600. The molecule has 186 valence electrons. The minimum absolute atomic E-state index is 0.497. The van der Waals surface area contributed by atoms with Gasteiger partial charge in [-0.1, -0.05) is 94.9 Å². The van der Waals surface area contributed by atoms with Crippen LogP contribution in [0, 0.1) is 22.9 Å². The fourth-order valence-corrected chi connectivity index (χ4v) is 16.7. The Morgan fingerprint density at radius 3 is 0.941 bits per heavy atom. The molecule has 34 heavy (non-hydrogen) atoms. The van der Waals surface area contributed by atoms with Gasteiger partial charge >= 0.3 is 0 Å². The van der Waals surface area contributed by atoms with E-state index in [1.807, 2.05) is 0 Å². The van der Waals surface area contributed by atoms with Crippen molar-refractivity contribution in [3.8, 4) is 22.9 Å². The second-order valence-electron chi connectivity index (χ2n) is 11.6. The third-order valence-electron chi connectivity index (χ3n) is 8.04. The molecule has 0 atom stereocenters. The van der Waals surface area contributed by atoms with E-state index in [9.17, 15) is 9.59 Å². The smallest absolute Gasteiger partial charge is 0.151 e. The molecule has 4 heteroatoms. The molecule has 0 saturated heterocycles. The molecule has 0 N–H and O–H groups in total. The first kappa shape index (κ1) is 30.1. The van der Waals surface area contributed by atoms with Crippen LogP contribution in [0.4, 0.5) is 0 Å². The molecule has 2 nitrogen and oxygen atoms in total. The van der Waals surface area contributed by atoms with Gasteiger partial charge in [0, 0.05) is 22.3 Å². The minimum Gasteiger partial charge on any atom is -0.298 e. The minimum atomic E-state index is -1.95. The average molecular weight is 495 g/mol. The second-order valence-corrected chi connectivity index (χ2v) is 22.7. The molecule has 0 fully saturated rings. The van der Waals surface area contributed by atoms with Crippen molar-refractivity contribution in [2.75, 3.05) is 0 Å². The molecule has 0 heterocycles. The largest absolute Gasteiger partial charge is 0.298 e. The summed E-state index contributed by atoms with van der Waals surface area (Å²) >= 11 is 0. The molecule has 0 aliphatic heterocycles. The van der Waals surface area contributed by atoms with E-state index in [0.717, 1.165) is 12.6 Å². The average Bonchev–Trinajstić information content (AvgIpc) is 2.73. The van der Waals surface area contributed by atoms with Crippen LogP contribution in [0.3, 0.4) is 0 Å². The van der Waals surface area contributed by atoms with Gasteiger partial charge in [-0.15, -0.1) is 11.1 Å². The quantitative estimate of drug-likeness (QED) is 0.206. The molecule has 1 aromatic carbocycles. The molecule has 0 radical (unpaired) electrons. The van der Waals surface area contributed by atoms with E-state index in [2.05, 4.69) is 106 Å². The SMILES string of the molecule is CC(C)[Si](C#Cc1cc(C=O)c(C#C[Si](C(C)C)(C(C)C)C(C)C)cc1C=O)(C(C)C)C(C)C. The van der Waals surface area contributed by atoms with Crippen LogP contribution in [0.25, 0.3) is 0 Å². The summed E-state index contributed by atoms with van der Waals surface area (Å²) in [7, 11) is -3.91. The third kappa shape index (κ3) is 5.84. The molecule has 0 bridgehead atoms. The van der Waals surface area contributed by atoms with E-state index < -0.39 is 16.1 Å². The molecule has 0 amide bonds. The van der Waals surface area contributed by atoms with E-state index in [4.69, 9.17) is 0 Å². The van der Waals surface area contributed by atoms with E-state index in [1.165, 1.54) is 0 Å². The van der Waals surface area contributed by atoms with Crippen LogP contribution in [-0.2, 0) is 0 Å². The number of aldehydes is 2. The zero-order chi connectivity index (χ0) is 26.4. The summed E-state index contributed by atoms with van der Waals surface area (Å²) in [5, 5.41) is 0. The maximum atomic E-state index is 12.0. The maximum Gasteiger partial charge on any atom is 0.151 e. The standard InChI is InChI=1S/C30H46O2Si2/c1-21(2)33(22(3)4,23(5)6)15-13-27-17-30(20-32)28(18-29(27)19-31)14-16-34(24(7)8,25(9)10)26(11)12/h17-26H,1-12H3. The van der Waals surface area contributed by atoms with Crippen molar-refractivity contribution < 1.29 is 9.59 Å². The summed E-state index contributed by atoms with van der Waals surface area (Å²) in [5.74, 6) is 6.72. The van der Waals surface area contributed by atoms with Crippen molar-refractivity contribution in [3.05, 3.63) is 34.4 Å². The first-order chi connectivity index (χ1) is 15.7. The molecule has 0 saturated carbocycles. The van der Waals surface area contributed by atoms with E-state index in [1.54, 1.807) is 12.1 Å². The van der Waals surface area contributed by atoms with Crippen LogP contribution >= 0.6 is 0 Å². The lowest BCUT2D eigenvalue weighted by Gasteiger charge is -2.38. The van der Waals surface area contributed by atoms with Crippen LogP contribution in [0.5, 0.6) is 0 Å². The van der Waals surface area contributed by atoms with Gasteiger partial charge in [0.05, 0.1) is 0 Å². The van der Waals surface area contributed by atoms with Crippen LogP contribution in [0.15, 0.2) is 12.1 Å².